The maximum absolute atomic E-state index is 12.3. The molecule has 0 aromatic heterocycles. The molecular weight excluding hydrogens is 248 g/mol. The summed E-state index contributed by atoms with van der Waals surface area (Å²) in [5.41, 5.74) is 0. The first-order valence-corrected chi connectivity index (χ1v) is 7.19. The van der Waals surface area contributed by atoms with Crippen LogP contribution >= 0.6 is 12.4 Å². The minimum atomic E-state index is 0. The predicted molar refractivity (Wildman–Crippen MR) is 77.0 cm³/mol. The molecule has 0 aromatic rings. The quantitative estimate of drug-likeness (QED) is 0.857. The van der Waals surface area contributed by atoms with Gasteiger partial charge in [0, 0.05) is 31.6 Å². The van der Waals surface area contributed by atoms with Crippen molar-refractivity contribution >= 4 is 18.3 Å². The highest BCUT2D eigenvalue weighted by Gasteiger charge is 2.27. The fraction of sp³-hybridized carbons (Fsp3) is 0.929. The second-order valence-corrected chi connectivity index (χ2v) is 5.93. The molecule has 1 heterocycles. The van der Waals surface area contributed by atoms with Gasteiger partial charge in [-0.1, -0.05) is 32.6 Å². The molecule has 2 fully saturated rings. The summed E-state index contributed by atoms with van der Waals surface area (Å²) in [5, 5.41) is 3.38. The van der Waals surface area contributed by atoms with Gasteiger partial charge in [-0.05, 0) is 19.3 Å². The van der Waals surface area contributed by atoms with E-state index in [2.05, 4.69) is 24.1 Å². The van der Waals surface area contributed by atoms with Gasteiger partial charge in [-0.25, -0.2) is 0 Å². The molecule has 0 bridgehead atoms. The highest BCUT2D eigenvalue weighted by Crippen LogP contribution is 2.30. The molecule has 2 aliphatic rings. The maximum Gasteiger partial charge on any atom is 0.225 e. The molecule has 1 aliphatic carbocycles. The Balaban J connectivity index is 0.00000162. The van der Waals surface area contributed by atoms with Crippen molar-refractivity contribution in [1.82, 2.24) is 10.2 Å². The number of hydrogen-bond donors (Lipinski definition) is 1. The number of nitrogens with one attached hydrogen (secondary N) is 1. The summed E-state index contributed by atoms with van der Waals surface area (Å²) in [6.45, 7) is 6.99. The monoisotopic (exact) mass is 274 g/mol. The van der Waals surface area contributed by atoms with Crippen LogP contribution in [0.25, 0.3) is 0 Å². The van der Waals surface area contributed by atoms with Crippen LogP contribution in [0.1, 0.15) is 46.0 Å². The van der Waals surface area contributed by atoms with Gasteiger partial charge in [-0.15, -0.1) is 12.4 Å². The Hall–Kier alpha value is -0.280. The molecule has 0 aromatic carbocycles. The van der Waals surface area contributed by atoms with Gasteiger partial charge in [0.15, 0.2) is 0 Å². The Labute approximate surface area is 117 Å². The van der Waals surface area contributed by atoms with Crippen LogP contribution in [0.3, 0.4) is 0 Å². The van der Waals surface area contributed by atoms with Crippen molar-refractivity contribution in [2.24, 2.45) is 11.8 Å². The van der Waals surface area contributed by atoms with E-state index in [9.17, 15) is 4.79 Å². The molecule has 2 unspecified atom stereocenters. The minimum absolute atomic E-state index is 0. The van der Waals surface area contributed by atoms with Crippen molar-refractivity contribution in [1.29, 1.82) is 0 Å². The van der Waals surface area contributed by atoms with Gasteiger partial charge in [0.25, 0.3) is 0 Å². The zero-order valence-electron chi connectivity index (χ0n) is 11.7. The van der Waals surface area contributed by atoms with Gasteiger partial charge in [0.1, 0.15) is 0 Å². The van der Waals surface area contributed by atoms with Crippen LogP contribution in [0, 0.1) is 11.8 Å². The number of hydrogen-bond acceptors (Lipinski definition) is 2. The van der Waals surface area contributed by atoms with E-state index in [1.807, 2.05) is 0 Å². The van der Waals surface area contributed by atoms with E-state index in [0.29, 0.717) is 11.9 Å². The molecule has 0 spiro atoms. The zero-order valence-corrected chi connectivity index (χ0v) is 12.5. The van der Waals surface area contributed by atoms with Crippen LogP contribution in [0.5, 0.6) is 0 Å². The van der Waals surface area contributed by atoms with Gasteiger partial charge in [-0.2, -0.15) is 0 Å². The first-order valence-electron chi connectivity index (χ1n) is 7.19. The van der Waals surface area contributed by atoms with Crippen LogP contribution in [0.2, 0.25) is 0 Å². The van der Waals surface area contributed by atoms with Crippen LogP contribution in [-0.2, 0) is 4.79 Å². The molecule has 4 heteroatoms. The molecule has 1 N–H and O–H groups in total. The number of piperazine rings is 1. The fourth-order valence-electron chi connectivity index (χ4n) is 3.29. The lowest BCUT2D eigenvalue weighted by Gasteiger charge is -2.34. The molecule has 3 nitrogen and oxygen atoms in total. The minimum Gasteiger partial charge on any atom is -0.340 e. The summed E-state index contributed by atoms with van der Waals surface area (Å²) in [6, 6.07) is 0.450. The van der Waals surface area contributed by atoms with Crippen molar-refractivity contribution < 1.29 is 4.79 Å². The molecule has 18 heavy (non-hydrogen) atoms. The average Bonchev–Trinajstić information content (AvgIpc) is 2.80. The third-order valence-electron chi connectivity index (χ3n) is 4.26. The van der Waals surface area contributed by atoms with Crippen molar-refractivity contribution in [3.63, 3.8) is 0 Å². The highest BCUT2D eigenvalue weighted by atomic mass is 35.5. The van der Waals surface area contributed by atoms with E-state index in [0.717, 1.165) is 32.0 Å². The highest BCUT2D eigenvalue weighted by molar-refractivity contribution is 5.85. The molecule has 1 saturated carbocycles. The standard InChI is InChI=1S/C14H26N2O.ClH/c1-11(9-13-5-3-4-6-13)14(17)16-8-7-15-12(2)10-16;/h11-13,15H,3-10H2,1-2H3;1H. The Morgan fingerprint density at radius 2 is 2.06 bits per heavy atom. The van der Waals surface area contributed by atoms with E-state index in [1.165, 1.54) is 25.7 Å². The third-order valence-corrected chi connectivity index (χ3v) is 4.26. The summed E-state index contributed by atoms with van der Waals surface area (Å²) in [7, 11) is 0. The number of rotatable bonds is 3. The number of halogens is 1. The first-order chi connectivity index (χ1) is 8.16. The predicted octanol–water partition coefficient (Wildman–Crippen LogP) is 2.44. The van der Waals surface area contributed by atoms with E-state index in [4.69, 9.17) is 0 Å². The number of carbonyl (C=O) groups is 1. The SMILES string of the molecule is CC1CN(C(=O)C(C)CC2CCCC2)CCN1.Cl. The summed E-state index contributed by atoms with van der Waals surface area (Å²) in [6.07, 6.45) is 6.54. The molecule has 1 saturated heterocycles. The Kier molecular flexibility index (Phi) is 6.44. The molecule has 0 radical (unpaired) electrons. The molecule has 2 atom stereocenters. The van der Waals surface area contributed by atoms with Gasteiger partial charge in [0.05, 0.1) is 0 Å². The number of amides is 1. The lowest BCUT2D eigenvalue weighted by atomic mass is 9.93. The fourth-order valence-corrected chi connectivity index (χ4v) is 3.29. The third kappa shape index (κ3) is 4.13. The van der Waals surface area contributed by atoms with E-state index < -0.39 is 0 Å². The van der Waals surface area contributed by atoms with E-state index in [1.54, 1.807) is 0 Å². The molecular formula is C14H27ClN2O. The Morgan fingerprint density at radius 3 is 2.67 bits per heavy atom. The molecule has 1 aliphatic heterocycles. The molecule has 1 amide bonds. The zero-order chi connectivity index (χ0) is 12.3. The van der Waals surface area contributed by atoms with E-state index in [-0.39, 0.29) is 18.3 Å². The Bertz CT molecular complexity index is 267. The summed E-state index contributed by atoms with van der Waals surface area (Å²) in [5.74, 6) is 1.42. The van der Waals surface area contributed by atoms with Crippen molar-refractivity contribution in [2.45, 2.75) is 52.0 Å². The van der Waals surface area contributed by atoms with Gasteiger partial charge in [0.2, 0.25) is 5.91 Å². The Morgan fingerprint density at radius 1 is 1.39 bits per heavy atom. The van der Waals surface area contributed by atoms with Crippen molar-refractivity contribution in [2.75, 3.05) is 19.6 Å². The van der Waals surface area contributed by atoms with Crippen LogP contribution in [-0.4, -0.2) is 36.5 Å². The van der Waals surface area contributed by atoms with Gasteiger partial charge >= 0.3 is 0 Å². The largest absolute Gasteiger partial charge is 0.340 e. The van der Waals surface area contributed by atoms with E-state index >= 15 is 0 Å². The maximum atomic E-state index is 12.3. The van der Waals surface area contributed by atoms with Crippen molar-refractivity contribution in [3.8, 4) is 0 Å². The number of nitrogens with zero attached hydrogens (tertiary/aromatic N) is 1. The summed E-state index contributed by atoms with van der Waals surface area (Å²) < 4.78 is 0. The summed E-state index contributed by atoms with van der Waals surface area (Å²) >= 11 is 0. The molecule has 2 rings (SSSR count). The second kappa shape index (κ2) is 7.34. The average molecular weight is 275 g/mol. The molecule has 106 valence electrons. The first kappa shape index (κ1) is 15.8. The second-order valence-electron chi connectivity index (χ2n) is 5.93. The lowest BCUT2D eigenvalue weighted by molar-refractivity contribution is -0.136. The summed E-state index contributed by atoms with van der Waals surface area (Å²) in [4.78, 5) is 14.4. The lowest BCUT2D eigenvalue weighted by Crippen LogP contribution is -2.52. The van der Waals surface area contributed by atoms with Gasteiger partial charge < -0.3 is 10.2 Å². The smallest absolute Gasteiger partial charge is 0.225 e. The topological polar surface area (TPSA) is 32.3 Å². The van der Waals surface area contributed by atoms with Gasteiger partial charge in [-0.3, -0.25) is 4.79 Å². The van der Waals surface area contributed by atoms with Crippen LogP contribution in [0.4, 0.5) is 0 Å². The number of carbonyl (C=O) groups excluding carboxylic acids is 1. The van der Waals surface area contributed by atoms with Crippen LogP contribution in [0.15, 0.2) is 0 Å². The van der Waals surface area contributed by atoms with Crippen molar-refractivity contribution in [3.05, 3.63) is 0 Å². The normalized spacial score (nSPS) is 26.8. The van der Waals surface area contributed by atoms with Crippen LogP contribution < -0.4 is 5.32 Å².